The molecule has 128 valence electrons. The largest absolute Gasteiger partial charge is 0.484 e. The quantitative estimate of drug-likeness (QED) is 0.700. The lowest BCUT2D eigenvalue weighted by atomic mass is 10.3. The van der Waals surface area contributed by atoms with E-state index in [1.165, 1.54) is 0 Å². The van der Waals surface area contributed by atoms with Crippen LogP contribution in [0.4, 0.5) is 5.69 Å². The number of amides is 2. The summed E-state index contributed by atoms with van der Waals surface area (Å²) in [6.45, 7) is 2.23. The highest BCUT2D eigenvalue weighted by molar-refractivity contribution is 5.95. The fourth-order valence-corrected chi connectivity index (χ4v) is 2.36. The smallest absolute Gasteiger partial charge is 0.257 e. The van der Waals surface area contributed by atoms with Crippen LogP contribution in [0.2, 0.25) is 0 Å². The minimum Gasteiger partial charge on any atom is -0.484 e. The predicted molar refractivity (Wildman–Crippen MR) is 92.3 cm³/mol. The third kappa shape index (κ3) is 6.08. The zero-order valence-electron chi connectivity index (χ0n) is 13.3. The lowest BCUT2D eigenvalue weighted by molar-refractivity contribution is -0.123. The number of benzene rings is 1. The molecule has 2 amide bonds. The maximum atomic E-state index is 11.7. The summed E-state index contributed by atoms with van der Waals surface area (Å²) in [5.74, 6) is 0.598. The molecule has 0 saturated carbocycles. The molecule has 2 N–H and O–H groups in total. The summed E-state index contributed by atoms with van der Waals surface area (Å²) in [5.41, 5.74) is 0.828. The van der Waals surface area contributed by atoms with Gasteiger partial charge in [0.05, 0.1) is 0 Å². The molecule has 6 nitrogen and oxygen atoms in total. The van der Waals surface area contributed by atoms with Crippen LogP contribution in [-0.2, 0) is 9.59 Å². The second-order valence-electron chi connectivity index (χ2n) is 5.24. The third-order valence-corrected chi connectivity index (χ3v) is 3.50. The van der Waals surface area contributed by atoms with Gasteiger partial charge in [-0.3, -0.25) is 9.59 Å². The molecule has 2 rings (SSSR count). The Balaban J connectivity index is 0.00000264. The molecule has 1 fully saturated rings. The van der Waals surface area contributed by atoms with Crippen LogP contribution >= 0.6 is 12.4 Å². The molecule has 0 radical (unpaired) electrons. The van der Waals surface area contributed by atoms with Gasteiger partial charge in [0.1, 0.15) is 5.75 Å². The lowest BCUT2D eigenvalue weighted by Gasteiger charge is -2.16. The van der Waals surface area contributed by atoms with Crippen molar-refractivity contribution in [2.24, 2.45) is 0 Å². The minimum atomic E-state index is -0.140. The highest BCUT2D eigenvalue weighted by atomic mass is 35.5. The standard InChI is InChI=1S/C16H23N3O3.ClH/c1-17-8-4-9-18-15(20)12-22-14-6-2-5-13(11-14)19-10-3-7-16(19)21;/h2,5-6,11,17H,3-4,7-10,12H2,1H3,(H,18,20);1H. The van der Waals surface area contributed by atoms with Gasteiger partial charge >= 0.3 is 0 Å². The van der Waals surface area contributed by atoms with Crippen LogP contribution in [-0.4, -0.2) is 45.1 Å². The van der Waals surface area contributed by atoms with Crippen molar-refractivity contribution in [1.82, 2.24) is 10.6 Å². The molecule has 0 bridgehead atoms. The Morgan fingerprint density at radius 2 is 2.17 bits per heavy atom. The number of nitrogens with zero attached hydrogens (tertiary/aromatic N) is 1. The van der Waals surface area contributed by atoms with E-state index in [0.29, 0.717) is 18.7 Å². The fraction of sp³-hybridized carbons (Fsp3) is 0.500. The molecule has 1 aliphatic heterocycles. The molecule has 0 aromatic heterocycles. The number of halogens is 1. The Morgan fingerprint density at radius 1 is 1.35 bits per heavy atom. The van der Waals surface area contributed by atoms with Crippen molar-refractivity contribution in [1.29, 1.82) is 0 Å². The SMILES string of the molecule is CNCCCNC(=O)COc1cccc(N2CCCC2=O)c1.Cl. The van der Waals surface area contributed by atoms with Crippen LogP contribution < -0.4 is 20.3 Å². The van der Waals surface area contributed by atoms with Crippen molar-refractivity contribution in [3.63, 3.8) is 0 Å². The average Bonchev–Trinajstić information content (AvgIpc) is 2.96. The molecule has 1 heterocycles. The van der Waals surface area contributed by atoms with Gasteiger partial charge in [-0.2, -0.15) is 0 Å². The third-order valence-electron chi connectivity index (χ3n) is 3.50. The van der Waals surface area contributed by atoms with Crippen LogP contribution in [0.5, 0.6) is 5.75 Å². The predicted octanol–water partition coefficient (Wildman–Crippen LogP) is 1.34. The van der Waals surface area contributed by atoms with Crippen molar-refractivity contribution in [2.75, 3.05) is 38.2 Å². The molecule has 0 unspecified atom stereocenters. The highest BCUT2D eigenvalue weighted by Gasteiger charge is 2.21. The van der Waals surface area contributed by atoms with Crippen LogP contribution in [0.3, 0.4) is 0 Å². The first-order valence-corrected chi connectivity index (χ1v) is 7.65. The number of carbonyl (C=O) groups excluding carboxylic acids is 2. The van der Waals surface area contributed by atoms with E-state index in [1.54, 1.807) is 17.0 Å². The summed E-state index contributed by atoms with van der Waals surface area (Å²) in [6.07, 6.45) is 2.37. The van der Waals surface area contributed by atoms with Crippen LogP contribution in [0.15, 0.2) is 24.3 Å². The van der Waals surface area contributed by atoms with Gasteiger partial charge in [0.2, 0.25) is 5.91 Å². The summed E-state index contributed by atoms with van der Waals surface area (Å²) < 4.78 is 5.49. The molecule has 7 heteroatoms. The van der Waals surface area contributed by atoms with E-state index in [9.17, 15) is 9.59 Å². The topological polar surface area (TPSA) is 70.7 Å². The molecule has 1 saturated heterocycles. The van der Waals surface area contributed by atoms with Gasteiger partial charge in [-0.25, -0.2) is 0 Å². The zero-order valence-corrected chi connectivity index (χ0v) is 14.2. The van der Waals surface area contributed by atoms with E-state index in [4.69, 9.17) is 4.74 Å². The molecular weight excluding hydrogens is 318 g/mol. The first kappa shape index (κ1) is 19.3. The number of nitrogens with one attached hydrogen (secondary N) is 2. The van der Waals surface area contributed by atoms with Crippen molar-refractivity contribution >= 4 is 29.9 Å². The minimum absolute atomic E-state index is 0. The van der Waals surface area contributed by atoms with Crippen LogP contribution in [0.1, 0.15) is 19.3 Å². The van der Waals surface area contributed by atoms with Crippen LogP contribution in [0, 0.1) is 0 Å². The first-order valence-electron chi connectivity index (χ1n) is 7.65. The molecule has 23 heavy (non-hydrogen) atoms. The summed E-state index contributed by atoms with van der Waals surface area (Å²) in [6, 6.07) is 7.31. The summed E-state index contributed by atoms with van der Waals surface area (Å²) in [5, 5.41) is 5.82. The Hall–Kier alpha value is -1.79. The van der Waals surface area contributed by atoms with Gasteiger partial charge in [-0.05, 0) is 38.6 Å². The Morgan fingerprint density at radius 3 is 2.87 bits per heavy atom. The van der Waals surface area contributed by atoms with E-state index in [-0.39, 0.29) is 30.8 Å². The molecular formula is C16H24ClN3O3. The molecule has 0 spiro atoms. The van der Waals surface area contributed by atoms with Gasteiger partial charge in [0.25, 0.3) is 5.91 Å². The highest BCUT2D eigenvalue weighted by Crippen LogP contribution is 2.25. The van der Waals surface area contributed by atoms with Gasteiger partial charge in [0.15, 0.2) is 6.61 Å². The monoisotopic (exact) mass is 341 g/mol. The number of ether oxygens (including phenoxy) is 1. The van der Waals surface area contributed by atoms with E-state index < -0.39 is 0 Å². The molecule has 0 atom stereocenters. The Bertz CT molecular complexity index is 525. The summed E-state index contributed by atoms with van der Waals surface area (Å²) >= 11 is 0. The second-order valence-corrected chi connectivity index (χ2v) is 5.24. The van der Waals surface area contributed by atoms with Crippen LogP contribution in [0.25, 0.3) is 0 Å². The number of hydrogen-bond donors (Lipinski definition) is 2. The average molecular weight is 342 g/mol. The van der Waals surface area contributed by atoms with Gasteiger partial charge in [0, 0.05) is 31.3 Å². The fourth-order valence-electron chi connectivity index (χ4n) is 2.36. The van der Waals surface area contributed by atoms with Crippen molar-refractivity contribution in [3.8, 4) is 5.75 Å². The Kier molecular flexibility index (Phi) is 8.43. The van der Waals surface area contributed by atoms with E-state index in [1.807, 2.05) is 19.2 Å². The summed E-state index contributed by atoms with van der Waals surface area (Å²) in [7, 11) is 1.88. The molecule has 1 aromatic rings. The molecule has 1 aliphatic rings. The van der Waals surface area contributed by atoms with Crippen molar-refractivity contribution in [3.05, 3.63) is 24.3 Å². The lowest BCUT2D eigenvalue weighted by Crippen LogP contribution is -2.31. The first-order chi connectivity index (χ1) is 10.7. The number of rotatable bonds is 8. The van der Waals surface area contributed by atoms with Gasteiger partial charge in [-0.15, -0.1) is 12.4 Å². The van der Waals surface area contributed by atoms with Crippen molar-refractivity contribution < 1.29 is 14.3 Å². The maximum absolute atomic E-state index is 11.7. The van der Waals surface area contributed by atoms with E-state index in [2.05, 4.69) is 10.6 Å². The zero-order chi connectivity index (χ0) is 15.8. The summed E-state index contributed by atoms with van der Waals surface area (Å²) in [4.78, 5) is 25.1. The Labute approximate surface area is 143 Å². The van der Waals surface area contributed by atoms with Gasteiger partial charge < -0.3 is 20.3 Å². The van der Waals surface area contributed by atoms with Gasteiger partial charge in [-0.1, -0.05) is 6.07 Å². The van der Waals surface area contributed by atoms with E-state index >= 15 is 0 Å². The second kappa shape index (κ2) is 10.1. The van der Waals surface area contributed by atoms with Crippen molar-refractivity contribution in [2.45, 2.75) is 19.3 Å². The normalized spacial score (nSPS) is 13.6. The van der Waals surface area contributed by atoms with E-state index in [0.717, 1.165) is 31.6 Å². The number of hydrogen-bond acceptors (Lipinski definition) is 4. The maximum Gasteiger partial charge on any atom is 0.257 e. The number of carbonyl (C=O) groups is 2. The molecule has 1 aromatic carbocycles. The number of anilines is 1. The molecule has 0 aliphatic carbocycles.